The summed E-state index contributed by atoms with van der Waals surface area (Å²) >= 11 is 0. The minimum absolute atomic E-state index is 0.260. The molecule has 0 aromatic heterocycles. The average Bonchev–Trinajstić information content (AvgIpc) is 2.82. The van der Waals surface area contributed by atoms with Gasteiger partial charge in [0.25, 0.3) is 0 Å². The second-order valence-corrected chi connectivity index (χ2v) is 4.34. The first-order valence-electron chi connectivity index (χ1n) is 5.93. The molecule has 0 amide bonds. The van der Waals surface area contributed by atoms with Crippen LogP contribution in [0.3, 0.4) is 0 Å². The van der Waals surface area contributed by atoms with Crippen molar-refractivity contribution in [3.8, 4) is 0 Å². The zero-order valence-electron chi connectivity index (χ0n) is 9.73. The van der Waals surface area contributed by atoms with Gasteiger partial charge in [0.1, 0.15) is 5.82 Å². The van der Waals surface area contributed by atoms with Crippen molar-refractivity contribution in [2.24, 2.45) is 10.9 Å². The van der Waals surface area contributed by atoms with Crippen molar-refractivity contribution in [1.82, 2.24) is 0 Å². The second-order valence-electron chi connectivity index (χ2n) is 4.34. The largest absolute Gasteiger partial charge is 0.374 e. The summed E-state index contributed by atoms with van der Waals surface area (Å²) < 4.78 is 18.9. The van der Waals surface area contributed by atoms with Gasteiger partial charge in [-0.3, -0.25) is 0 Å². The molecule has 0 unspecified atom stereocenters. The van der Waals surface area contributed by atoms with Gasteiger partial charge in [0.05, 0.1) is 18.9 Å². The molecule has 1 fully saturated rings. The van der Waals surface area contributed by atoms with Crippen molar-refractivity contribution in [2.75, 3.05) is 0 Å². The van der Waals surface area contributed by atoms with Crippen LogP contribution in [0.1, 0.15) is 36.8 Å². The first kappa shape index (κ1) is 12.0. The molecule has 1 aromatic rings. The van der Waals surface area contributed by atoms with Crippen LogP contribution in [0.15, 0.2) is 23.3 Å². The van der Waals surface area contributed by atoms with Crippen molar-refractivity contribution in [2.45, 2.75) is 38.4 Å². The molecule has 1 aliphatic rings. The van der Waals surface area contributed by atoms with Gasteiger partial charge >= 0.3 is 0 Å². The van der Waals surface area contributed by atoms with Crippen LogP contribution in [0.4, 0.5) is 4.39 Å². The van der Waals surface area contributed by atoms with E-state index in [1.807, 2.05) is 0 Å². The van der Waals surface area contributed by atoms with Gasteiger partial charge in [-0.1, -0.05) is 18.9 Å². The Morgan fingerprint density at radius 2 is 2.18 bits per heavy atom. The molecule has 0 bridgehead atoms. The number of hydrazone groups is 1. The Labute approximate surface area is 100 Å². The summed E-state index contributed by atoms with van der Waals surface area (Å²) in [5.41, 5.74) is 1.61. The van der Waals surface area contributed by atoms with E-state index in [9.17, 15) is 4.39 Å². The number of nitrogens with two attached hydrogens (primary N) is 1. The van der Waals surface area contributed by atoms with E-state index in [4.69, 9.17) is 10.6 Å². The van der Waals surface area contributed by atoms with Gasteiger partial charge in [-0.2, -0.15) is 5.10 Å². The molecule has 92 valence electrons. The Kier molecular flexibility index (Phi) is 4.09. The highest BCUT2D eigenvalue weighted by atomic mass is 19.1. The van der Waals surface area contributed by atoms with Crippen molar-refractivity contribution < 1.29 is 9.13 Å². The van der Waals surface area contributed by atoms with Gasteiger partial charge < -0.3 is 10.6 Å². The van der Waals surface area contributed by atoms with Crippen LogP contribution in [-0.2, 0) is 11.3 Å². The molecule has 0 aliphatic heterocycles. The van der Waals surface area contributed by atoms with Crippen LogP contribution < -0.4 is 5.84 Å². The third-order valence-electron chi connectivity index (χ3n) is 3.10. The van der Waals surface area contributed by atoms with Gasteiger partial charge in [-0.05, 0) is 30.5 Å². The third kappa shape index (κ3) is 3.27. The zero-order valence-corrected chi connectivity index (χ0v) is 9.73. The van der Waals surface area contributed by atoms with E-state index in [-0.39, 0.29) is 5.82 Å². The highest BCUT2D eigenvalue weighted by Crippen LogP contribution is 2.22. The van der Waals surface area contributed by atoms with Crippen LogP contribution >= 0.6 is 0 Å². The number of hydrogen-bond acceptors (Lipinski definition) is 3. The standard InChI is InChI=1S/C13H17FN2O/c14-12-6-5-10(8-16-15)11(7-12)9-17-13-3-1-2-4-13/h5-8,13H,1-4,9,15H2. The normalized spacial score (nSPS) is 17.0. The molecular weight excluding hydrogens is 219 g/mol. The molecule has 0 atom stereocenters. The molecule has 1 aliphatic carbocycles. The van der Waals surface area contributed by atoms with E-state index in [0.717, 1.165) is 24.0 Å². The molecule has 3 nitrogen and oxygen atoms in total. The SMILES string of the molecule is NN=Cc1ccc(F)cc1COC1CCCC1. The molecule has 0 spiro atoms. The quantitative estimate of drug-likeness (QED) is 0.496. The summed E-state index contributed by atoms with van der Waals surface area (Å²) in [4.78, 5) is 0. The van der Waals surface area contributed by atoms with E-state index < -0.39 is 0 Å². The van der Waals surface area contributed by atoms with Crippen LogP contribution in [0.25, 0.3) is 0 Å². The van der Waals surface area contributed by atoms with E-state index >= 15 is 0 Å². The predicted molar refractivity (Wildman–Crippen MR) is 65.2 cm³/mol. The summed E-state index contributed by atoms with van der Waals surface area (Å²) in [7, 11) is 0. The lowest BCUT2D eigenvalue weighted by molar-refractivity contribution is 0.0455. The maximum absolute atomic E-state index is 13.2. The van der Waals surface area contributed by atoms with E-state index in [1.54, 1.807) is 6.07 Å². The van der Waals surface area contributed by atoms with Gasteiger partial charge in [-0.25, -0.2) is 4.39 Å². The lowest BCUT2D eigenvalue weighted by atomic mass is 10.1. The van der Waals surface area contributed by atoms with E-state index in [2.05, 4.69) is 5.10 Å². The van der Waals surface area contributed by atoms with Gasteiger partial charge in [0.15, 0.2) is 0 Å². The Balaban J connectivity index is 2.04. The highest BCUT2D eigenvalue weighted by Gasteiger charge is 2.15. The first-order valence-corrected chi connectivity index (χ1v) is 5.93. The maximum Gasteiger partial charge on any atom is 0.123 e. The lowest BCUT2D eigenvalue weighted by Gasteiger charge is -2.12. The average molecular weight is 236 g/mol. The van der Waals surface area contributed by atoms with Crippen LogP contribution in [-0.4, -0.2) is 12.3 Å². The zero-order chi connectivity index (χ0) is 12.1. The van der Waals surface area contributed by atoms with Crippen molar-refractivity contribution in [3.05, 3.63) is 35.1 Å². The number of rotatable bonds is 4. The second kappa shape index (κ2) is 5.77. The molecule has 0 saturated heterocycles. The van der Waals surface area contributed by atoms with Crippen molar-refractivity contribution in [3.63, 3.8) is 0 Å². The fourth-order valence-corrected chi connectivity index (χ4v) is 2.17. The smallest absolute Gasteiger partial charge is 0.123 e. The fraction of sp³-hybridized carbons (Fsp3) is 0.462. The molecule has 0 radical (unpaired) electrons. The molecular formula is C13H17FN2O. The minimum Gasteiger partial charge on any atom is -0.374 e. The Bertz CT molecular complexity index is 400. The summed E-state index contributed by atoms with van der Waals surface area (Å²) in [6.45, 7) is 0.420. The first-order chi connectivity index (χ1) is 8.29. The van der Waals surface area contributed by atoms with E-state index in [1.165, 1.54) is 31.2 Å². The van der Waals surface area contributed by atoms with Crippen LogP contribution in [0, 0.1) is 5.82 Å². The van der Waals surface area contributed by atoms with Crippen molar-refractivity contribution >= 4 is 6.21 Å². The molecule has 2 N–H and O–H groups in total. The predicted octanol–water partition coefficient (Wildman–Crippen LogP) is 2.58. The Morgan fingerprint density at radius 3 is 2.88 bits per heavy atom. The monoisotopic (exact) mass is 236 g/mol. The molecule has 2 rings (SSSR count). The van der Waals surface area contributed by atoms with Gasteiger partial charge in [0, 0.05) is 5.56 Å². The van der Waals surface area contributed by atoms with Crippen molar-refractivity contribution in [1.29, 1.82) is 0 Å². The molecule has 1 aromatic carbocycles. The molecule has 4 heteroatoms. The highest BCUT2D eigenvalue weighted by molar-refractivity contribution is 5.81. The van der Waals surface area contributed by atoms with Gasteiger partial charge in [0.2, 0.25) is 0 Å². The number of nitrogens with zero attached hydrogens (tertiary/aromatic N) is 1. The number of benzene rings is 1. The maximum atomic E-state index is 13.2. The summed E-state index contributed by atoms with van der Waals surface area (Å²) in [5.74, 6) is 4.86. The number of halogens is 1. The fourth-order valence-electron chi connectivity index (χ4n) is 2.17. The molecule has 1 saturated carbocycles. The topological polar surface area (TPSA) is 47.6 Å². The van der Waals surface area contributed by atoms with E-state index in [0.29, 0.717) is 12.7 Å². The molecule has 17 heavy (non-hydrogen) atoms. The van der Waals surface area contributed by atoms with Gasteiger partial charge in [-0.15, -0.1) is 0 Å². The summed E-state index contributed by atoms with van der Waals surface area (Å²) in [5, 5.41) is 3.47. The summed E-state index contributed by atoms with van der Waals surface area (Å²) in [6.07, 6.45) is 6.51. The number of hydrogen-bond donors (Lipinski definition) is 1. The Morgan fingerprint density at radius 1 is 1.41 bits per heavy atom. The van der Waals surface area contributed by atoms with Crippen LogP contribution in [0.5, 0.6) is 0 Å². The minimum atomic E-state index is -0.260. The summed E-state index contributed by atoms with van der Waals surface area (Å²) in [6, 6.07) is 4.54. The third-order valence-corrected chi connectivity index (χ3v) is 3.10. The lowest BCUT2D eigenvalue weighted by Crippen LogP contribution is -2.08. The molecule has 0 heterocycles. The van der Waals surface area contributed by atoms with Crippen LogP contribution in [0.2, 0.25) is 0 Å². The Hall–Kier alpha value is -1.42. The number of ether oxygens (including phenoxy) is 1.